The average molecular weight is 326 g/mol. The summed E-state index contributed by atoms with van der Waals surface area (Å²) in [6.07, 6.45) is 1.06. The fourth-order valence-electron chi connectivity index (χ4n) is 0.286. The van der Waals surface area contributed by atoms with E-state index in [1.54, 1.807) is 0 Å². The molecule has 0 rings (SSSR count). The van der Waals surface area contributed by atoms with Gasteiger partial charge in [0.05, 0.1) is 0 Å². The molecule has 10 heavy (non-hydrogen) atoms. The summed E-state index contributed by atoms with van der Waals surface area (Å²) < 4.78 is 0. The molecule has 0 radical (unpaired) electrons. The van der Waals surface area contributed by atoms with Crippen molar-refractivity contribution in [2.24, 2.45) is 0 Å². The van der Waals surface area contributed by atoms with Crippen molar-refractivity contribution in [2.45, 2.75) is 13.8 Å². The van der Waals surface area contributed by atoms with Gasteiger partial charge in [-0.25, -0.2) is 0 Å². The largest absolute Gasteiger partial charge is 3.00 e. The van der Waals surface area contributed by atoms with Gasteiger partial charge in [0.1, 0.15) is 0 Å². The van der Waals surface area contributed by atoms with E-state index in [0.717, 1.165) is 6.42 Å². The van der Waals surface area contributed by atoms with Crippen molar-refractivity contribution in [3.05, 3.63) is 21.3 Å². The first-order valence-electron chi connectivity index (χ1n) is 1.99. The topological polar surface area (TPSA) is 34.1 Å². The Hall–Kier alpha value is -0.0497. The van der Waals surface area contributed by atoms with Crippen LogP contribution in [0.3, 0.4) is 0 Å². The molecule has 0 aliphatic rings. The molecule has 0 bridgehead atoms. The Kier molecular flexibility index (Phi) is 26.4. The van der Waals surface area contributed by atoms with E-state index in [1.807, 2.05) is 0 Å². The van der Waals surface area contributed by atoms with Crippen molar-refractivity contribution < 1.29 is 32.0 Å². The maximum Gasteiger partial charge on any atom is 3.00 e. The van der Waals surface area contributed by atoms with E-state index in [2.05, 4.69) is 0 Å². The van der Waals surface area contributed by atoms with Gasteiger partial charge in [0.25, 0.3) is 0 Å². The molecular weight excluding hydrogens is 313 g/mol. The summed E-state index contributed by atoms with van der Waals surface area (Å²) in [7, 11) is 0. The molecule has 0 atom stereocenters. The number of rotatable bonds is 2. The Labute approximate surface area is 78.9 Å². The zero-order chi connectivity index (χ0) is 5.86. The predicted molar refractivity (Wildman–Crippen MR) is 38.5 cm³/mol. The first kappa shape index (κ1) is 22.5. The molecule has 0 amide bonds. The molecule has 0 aromatic rings. The second-order valence-electron chi connectivity index (χ2n) is 1.37. The molecule has 0 fully saturated rings. The van der Waals surface area contributed by atoms with Crippen molar-refractivity contribution in [3.8, 4) is 0 Å². The van der Waals surface area contributed by atoms with Gasteiger partial charge in [0.15, 0.2) is 0 Å². The van der Waals surface area contributed by atoms with Crippen molar-refractivity contribution in [2.75, 3.05) is 0 Å². The number of Topliss-reactive ketones (excluding diaryl/α,β-unsaturated/α-hetero) is 2. The molecule has 64 valence electrons. The number of hydrogen-bond donors (Lipinski definition) is 0. The summed E-state index contributed by atoms with van der Waals surface area (Å²) in [6.45, 7) is 2.70. The molecule has 0 N–H and O–H groups in total. The summed E-state index contributed by atoms with van der Waals surface area (Å²) in [5, 5.41) is 0. The van der Waals surface area contributed by atoms with Gasteiger partial charge in [0.2, 0.25) is 0 Å². The quantitative estimate of drug-likeness (QED) is 0.435. The molecule has 0 aliphatic heterocycles. The van der Waals surface area contributed by atoms with E-state index in [9.17, 15) is 9.59 Å². The fraction of sp³-hybridized carbons (Fsp3) is 0.286. The summed E-state index contributed by atoms with van der Waals surface area (Å²) in [6, 6.07) is 0. The number of hydrogen-bond acceptors (Lipinski definition) is 2. The smallest absolute Gasteiger partial charge is 0.358 e. The minimum absolute atomic E-state index is 0. The van der Waals surface area contributed by atoms with Crippen LogP contribution in [-0.2, 0) is 32.0 Å². The molecule has 3 heteroatoms. The van der Waals surface area contributed by atoms with Crippen molar-refractivity contribution in [1.82, 2.24) is 0 Å². The third-order valence-electron chi connectivity index (χ3n) is 0.407. The van der Waals surface area contributed by atoms with Crippen LogP contribution in [0.2, 0.25) is 0 Å². The fourth-order valence-corrected chi connectivity index (χ4v) is 0.286. The zero-order valence-corrected chi connectivity index (χ0v) is 8.86. The van der Waals surface area contributed by atoms with Crippen molar-refractivity contribution >= 4 is 11.6 Å². The Balaban J connectivity index is -0.0000000600. The maximum atomic E-state index is 9.98. The van der Waals surface area contributed by atoms with Crippen LogP contribution in [0.4, 0.5) is 0 Å². The van der Waals surface area contributed by atoms with Crippen LogP contribution in [0.1, 0.15) is 13.8 Å². The molecule has 0 aliphatic carbocycles. The monoisotopic (exact) mass is 326 g/mol. The van der Waals surface area contributed by atoms with Gasteiger partial charge in [-0.05, 0) is 13.8 Å². The normalized spacial score (nSPS) is 5.40. The van der Waals surface area contributed by atoms with Gasteiger partial charge < -0.3 is 24.4 Å². The number of carbonyl (C=O) groups is 2. The predicted octanol–water partition coefficient (Wildman–Crippen LogP) is 1.27. The first-order chi connectivity index (χ1) is 3.13. The standard InChI is InChI=1S/C5H7O2.2CH3.Au/c1-4(6)3-5(2)7;;;/h3H,1-2H3;2*1H3;/q3*-1;+3. The maximum absolute atomic E-state index is 9.98. The van der Waals surface area contributed by atoms with Gasteiger partial charge in [-0.1, -0.05) is 0 Å². The van der Waals surface area contributed by atoms with E-state index < -0.39 is 0 Å². The van der Waals surface area contributed by atoms with Crippen LogP contribution in [0.25, 0.3) is 0 Å². The van der Waals surface area contributed by atoms with E-state index in [4.69, 9.17) is 0 Å². The molecule has 0 heterocycles. The molecule has 0 saturated heterocycles. The Morgan fingerprint density at radius 2 is 1.20 bits per heavy atom. The van der Waals surface area contributed by atoms with E-state index in [1.165, 1.54) is 13.8 Å². The van der Waals surface area contributed by atoms with E-state index in [0.29, 0.717) is 0 Å². The molecule has 2 nitrogen and oxygen atoms in total. The van der Waals surface area contributed by atoms with Gasteiger partial charge in [0, 0.05) is 11.6 Å². The van der Waals surface area contributed by atoms with Crippen LogP contribution >= 0.6 is 0 Å². The van der Waals surface area contributed by atoms with E-state index >= 15 is 0 Å². The van der Waals surface area contributed by atoms with Gasteiger partial charge in [-0.2, -0.15) is 0 Å². The SMILES string of the molecule is CC(=O)[CH-]C(C)=O.[Au+3].[CH3-].[CH3-]. The van der Waals surface area contributed by atoms with Gasteiger partial charge >= 0.3 is 22.4 Å². The van der Waals surface area contributed by atoms with Gasteiger partial charge in [-0.15, -0.1) is 0 Å². The second kappa shape index (κ2) is 11.7. The third-order valence-corrected chi connectivity index (χ3v) is 0.407. The summed E-state index contributed by atoms with van der Waals surface area (Å²) in [5.74, 6) is -0.375. The van der Waals surface area contributed by atoms with E-state index in [-0.39, 0.29) is 48.8 Å². The summed E-state index contributed by atoms with van der Waals surface area (Å²) >= 11 is 0. The minimum atomic E-state index is -0.187. The summed E-state index contributed by atoms with van der Waals surface area (Å²) in [5.41, 5.74) is 0. The summed E-state index contributed by atoms with van der Waals surface area (Å²) in [4.78, 5) is 20.0. The molecule has 0 aromatic heterocycles. The minimum Gasteiger partial charge on any atom is -0.358 e. The molecule has 0 aromatic carbocycles. The Morgan fingerprint density at radius 3 is 1.20 bits per heavy atom. The number of carbonyl (C=O) groups excluding carboxylic acids is 2. The second-order valence-corrected chi connectivity index (χ2v) is 1.37. The zero-order valence-electron chi connectivity index (χ0n) is 6.70. The molecule has 0 spiro atoms. The first-order valence-corrected chi connectivity index (χ1v) is 1.99. The molecule has 0 saturated carbocycles. The van der Waals surface area contributed by atoms with Crippen LogP contribution < -0.4 is 0 Å². The molecule has 0 unspecified atom stereocenters. The Morgan fingerprint density at radius 1 is 1.00 bits per heavy atom. The van der Waals surface area contributed by atoms with Crippen LogP contribution in [0.15, 0.2) is 0 Å². The molecular formula is C7H13AuO2. The van der Waals surface area contributed by atoms with Crippen LogP contribution in [0, 0.1) is 21.3 Å². The van der Waals surface area contributed by atoms with Crippen molar-refractivity contribution in [1.29, 1.82) is 0 Å². The van der Waals surface area contributed by atoms with Crippen LogP contribution in [0.5, 0.6) is 0 Å². The van der Waals surface area contributed by atoms with Crippen LogP contribution in [-0.4, -0.2) is 11.6 Å². The third kappa shape index (κ3) is 24.6. The Bertz CT molecular complexity index is 87.8. The van der Waals surface area contributed by atoms with Crippen molar-refractivity contribution in [3.63, 3.8) is 0 Å². The van der Waals surface area contributed by atoms with Gasteiger partial charge in [-0.3, -0.25) is 6.42 Å². The number of ketones is 2. The average Bonchev–Trinajstić information content (AvgIpc) is 1.27.